The van der Waals surface area contributed by atoms with Crippen molar-refractivity contribution in [2.45, 2.75) is 96.8 Å². The summed E-state index contributed by atoms with van der Waals surface area (Å²) in [6.07, 6.45) is 18.7. The van der Waals surface area contributed by atoms with E-state index in [1.165, 1.54) is 82.9 Å². The zero-order valence-electron chi connectivity index (χ0n) is 18.1. The summed E-state index contributed by atoms with van der Waals surface area (Å²) in [5.41, 5.74) is 0.478. The van der Waals surface area contributed by atoms with Gasteiger partial charge in [-0.1, -0.05) is 103 Å². The van der Waals surface area contributed by atoms with Crippen LogP contribution in [0.1, 0.15) is 102 Å². The van der Waals surface area contributed by atoms with Crippen LogP contribution in [0.2, 0.25) is 0 Å². The third-order valence-electron chi connectivity index (χ3n) is 5.10. The number of nitrogens with one attached hydrogen (secondary N) is 1. The van der Waals surface area contributed by atoms with Gasteiger partial charge < -0.3 is 5.11 Å². The molecule has 0 saturated heterocycles. The van der Waals surface area contributed by atoms with Crippen molar-refractivity contribution in [3.8, 4) is 5.75 Å². The maximum Gasteiger partial charge on any atom is 0.247 e. The average molecular weight is 425 g/mol. The molecule has 0 aliphatic heterocycles. The van der Waals surface area contributed by atoms with Gasteiger partial charge in [0.15, 0.2) is 0 Å². The molecule has 2 N–H and O–H groups in total. The first-order chi connectivity index (χ1) is 14.0. The summed E-state index contributed by atoms with van der Waals surface area (Å²) < 4.78 is 23.9. The number of rotatable bonds is 18. The highest BCUT2D eigenvalue weighted by Gasteiger charge is 2.07. The zero-order valence-corrected chi connectivity index (χ0v) is 18.9. The Kier molecular flexibility index (Phi) is 14.3. The fourth-order valence-corrected chi connectivity index (χ4v) is 4.19. The van der Waals surface area contributed by atoms with Crippen LogP contribution in [-0.2, 0) is 10.0 Å². The van der Waals surface area contributed by atoms with Gasteiger partial charge in [0, 0.05) is 5.56 Å². The van der Waals surface area contributed by atoms with Gasteiger partial charge in [-0.25, -0.2) is 13.2 Å². The number of phenols is 1. The third-order valence-corrected chi connectivity index (χ3v) is 6.31. The number of hydrogen-bond donors (Lipinski definition) is 2. The summed E-state index contributed by atoms with van der Waals surface area (Å²) in [6.45, 7) is 2.25. The summed E-state index contributed by atoms with van der Waals surface area (Å²) in [5, 5.41) is 13.4. The van der Waals surface area contributed by atoms with Gasteiger partial charge in [-0.05, 0) is 18.6 Å². The van der Waals surface area contributed by atoms with E-state index in [0.717, 1.165) is 12.8 Å². The number of unbranched alkanes of at least 4 members (excludes halogenated alkanes) is 13. The van der Waals surface area contributed by atoms with Crippen LogP contribution >= 0.6 is 0 Å². The van der Waals surface area contributed by atoms with Crippen LogP contribution in [0.3, 0.4) is 0 Å². The van der Waals surface area contributed by atoms with Gasteiger partial charge in [-0.2, -0.15) is 5.10 Å². The summed E-state index contributed by atoms with van der Waals surface area (Å²) in [4.78, 5) is 2.21. The van der Waals surface area contributed by atoms with E-state index < -0.39 is 10.0 Å². The normalized spacial score (nSPS) is 11.9. The predicted molar refractivity (Wildman–Crippen MR) is 123 cm³/mol. The molecule has 0 fully saturated rings. The van der Waals surface area contributed by atoms with E-state index in [4.69, 9.17) is 0 Å². The SMILES string of the molecule is CCCCCCCCCCCCCCCCS(=O)(=O)N/N=C/c1ccccc1O. The largest absolute Gasteiger partial charge is 0.507 e. The van der Waals surface area contributed by atoms with E-state index >= 15 is 0 Å². The quantitative estimate of drug-likeness (QED) is 0.169. The van der Waals surface area contributed by atoms with Gasteiger partial charge >= 0.3 is 0 Å². The first kappa shape index (κ1) is 25.5. The molecule has 0 spiro atoms. The second kappa shape index (κ2) is 16.3. The van der Waals surface area contributed by atoms with E-state index in [2.05, 4.69) is 16.9 Å². The first-order valence-electron chi connectivity index (χ1n) is 11.4. The average Bonchev–Trinajstić information content (AvgIpc) is 2.69. The monoisotopic (exact) mass is 424 g/mol. The molecule has 1 aromatic rings. The van der Waals surface area contributed by atoms with Gasteiger partial charge in [0.1, 0.15) is 5.75 Å². The van der Waals surface area contributed by atoms with Crippen molar-refractivity contribution in [1.29, 1.82) is 0 Å². The standard InChI is InChI=1S/C23H40N2O3S/c1-2-3-4-5-6-7-8-9-10-11-12-13-14-17-20-29(27,28)25-24-21-22-18-15-16-19-23(22)26/h15-16,18-19,21,25-26H,2-14,17,20H2,1H3/b24-21+. The van der Waals surface area contributed by atoms with Crippen molar-refractivity contribution in [3.05, 3.63) is 29.8 Å². The van der Waals surface area contributed by atoms with Crippen molar-refractivity contribution >= 4 is 16.2 Å². The smallest absolute Gasteiger partial charge is 0.247 e. The Morgan fingerprint density at radius 1 is 0.828 bits per heavy atom. The molecule has 1 rings (SSSR count). The van der Waals surface area contributed by atoms with Crippen molar-refractivity contribution in [3.63, 3.8) is 0 Å². The molecule has 0 saturated carbocycles. The lowest BCUT2D eigenvalue weighted by atomic mass is 10.0. The first-order valence-corrected chi connectivity index (χ1v) is 13.0. The van der Waals surface area contributed by atoms with Crippen LogP contribution in [-0.4, -0.2) is 25.5 Å². The molecule has 0 unspecified atom stereocenters. The number of aromatic hydroxyl groups is 1. The fourth-order valence-electron chi connectivity index (χ4n) is 3.31. The van der Waals surface area contributed by atoms with Crippen LogP contribution in [0.25, 0.3) is 0 Å². The highest BCUT2D eigenvalue weighted by atomic mass is 32.2. The van der Waals surface area contributed by atoms with E-state index in [1.54, 1.807) is 18.2 Å². The van der Waals surface area contributed by atoms with Gasteiger partial charge in [0.05, 0.1) is 12.0 Å². The molecule has 0 radical (unpaired) electrons. The molecular weight excluding hydrogens is 384 g/mol. The molecule has 0 heterocycles. The maximum atomic E-state index is 11.9. The minimum Gasteiger partial charge on any atom is -0.507 e. The van der Waals surface area contributed by atoms with E-state index in [9.17, 15) is 13.5 Å². The fraction of sp³-hybridized carbons (Fsp3) is 0.696. The highest BCUT2D eigenvalue weighted by Crippen LogP contribution is 2.14. The number of para-hydroxylation sites is 1. The van der Waals surface area contributed by atoms with Gasteiger partial charge in [-0.3, -0.25) is 0 Å². The van der Waals surface area contributed by atoms with Gasteiger partial charge in [0.2, 0.25) is 10.0 Å². The molecule has 0 bridgehead atoms. The topological polar surface area (TPSA) is 78.8 Å². The molecule has 0 aliphatic carbocycles. The number of nitrogens with zero attached hydrogens (tertiary/aromatic N) is 1. The second-order valence-electron chi connectivity index (χ2n) is 7.82. The summed E-state index contributed by atoms with van der Waals surface area (Å²) in [6, 6.07) is 6.65. The Morgan fingerprint density at radius 2 is 1.31 bits per heavy atom. The molecule has 0 amide bonds. The van der Waals surface area contributed by atoms with Gasteiger partial charge in [0.25, 0.3) is 0 Å². The van der Waals surface area contributed by atoms with Crippen molar-refractivity contribution in [1.82, 2.24) is 4.83 Å². The van der Waals surface area contributed by atoms with Crippen molar-refractivity contribution in [2.24, 2.45) is 5.10 Å². The molecule has 1 aromatic carbocycles. The van der Waals surface area contributed by atoms with Crippen LogP contribution in [0.5, 0.6) is 5.75 Å². The van der Waals surface area contributed by atoms with E-state index in [0.29, 0.717) is 12.0 Å². The lowest BCUT2D eigenvalue weighted by molar-refractivity contribution is 0.474. The summed E-state index contributed by atoms with van der Waals surface area (Å²) >= 11 is 0. The van der Waals surface area contributed by atoms with E-state index in [1.807, 2.05) is 0 Å². The molecule has 0 atom stereocenters. The number of phenolic OH excluding ortho intramolecular Hbond substituents is 1. The maximum absolute atomic E-state index is 11.9. The van der Waals surface area contributed by atoms with Gasteiger partial charge in [-0.15, -0.1) is 0 Å². The third kappa shape index (κ3) is 14.1. The number of hydrogen-bond acceptors (Lipinski definition) is 4. The zero-order chi connectivity index (χ0) is 21.2. The Labute approximate surface area is 178 Å². The minimum absolute atomic E-state index is 0.0717. The lowest BCUT2D eigenvalue weighted by Crippen LogP contribution is -2.21. The number of hydrazone groups is 1. The second-order valence-corrected chi connectivity index (χ2v) is 9.64. The predicted octanol–water partition coefficient (Wildman–Crippen LogP) is 6.13. The Balaban J connectivity index is 1.96. The number of sulfonamides is 1. The van der Waals surface area contributed by atoms with Crippen LogP contribution in [0.15, 0.2) is 29.4 Å². The Bertz CT molecular complexity index is 660. The lowest BCUT2D eigenvalue weighted by Gasteiger charge is -2.04. The molecule has 166 valence electrons. The molecular formula is C23H40N2O3S. The van der Waals surface area contributed by atoms with Crippen LogP contribution in [0.4, 0.5) is 0 Å². The molecule has 5 nitrogen and oxygen atoms in total. The summed E-state index contributed by atoms with van der Waals surface area (Å²) in [5.74, 6) is 0.158. The molecule has 6 heteroatoms. The molecule has 0 aliphatic rings. The molecule has 29 heavy (non-hydrogen) atoms. The van der Waals surface area contributed by atoms with Crippen molar-refractivity contribution < 1.29 is 13.5 Å². The Hall–Kier alpha value is -1.56. The van der Waals surface area contributed by atoms with Crippen molar-refractivity contribution in [2.75, 3.05) is 5.75 Å². The molecule has 0 aromatic heterocycles. The summed E-state index contributed by atoms with van der Waals surface area (Å²) in [7, 11) is -3.41. The minimum atomic E-state index is -3.41. The highest BCUT2D eigenvalue weighted by molar-refractivity contribution is 7.89. The Morgan fingerprint density at radius 3 is 1.83 bits per heavy atom. The van der Waals surface area contributed by atoms with Crippen LogP contribution < -0.4 is 4.83 Å². The van der Waals surface area contributed by atoms with E-state index in [-0.39, 0.29) is 11.5 Å². The number of benzene rings is 1. The van der Waals surface area contributed by atoms with Crippen LogP contribution in [0, 0.1) is 0 Å².